The monoisotopic (exact) mass is 147 g/mol. The predicted octanol–water partition coefficient (Wildman–Crippen LogP) is -0.715. The lowest BCUT2D eigenvalue weighted by molar-refractivity contribution is -0.221. The zero-order valence-corrected chi connectivity index (χ0v) is 6.49. The second-order valence-corrected chi connectivity index (χ2v) is 2.42. The Bertz CT molecular complexity index is 95.0. The SMILES string of the molecule is CNC([O-])=NCCSC. The van der Waals surface area contributed by atoms with Crippen LogP contribution in [0, 0.1) is 0 Å². The van der Waals surface area contributed by atoms with Crippen LogP contribution in [-0.4, -0.2) is 31.6 Å². The number of thioether (sulfide) groups is 1. The average Bonchev–Trinajstić information content (AvgIpc) is 1.89. The van der Waals surface area contributed by atoms with E-state index in [0.29, 0.717) is 6.54 Å². The lowest BCUT2D eigenvalue weighted by atomic mass is 10.8. The normalized spacial score (nSPS) is 11.6. The van der Waals surface area contributed by atoms with Gasteiger partial charge in [0.15, 0.2) is 0 Å². The van der Waals surface area contributed by atoms with Crippen LogP contribution in [0.3, 0.4) is 0 Å². The Kier molecular flexibility index (Phi) is 5.51. The topological polar surface area (TPSA) is 47.4 Å². The van der Waals surface area contributed by atoms with Gasteiger partial charge in [0.05, 0.1) is 0 Å². The van der Waals surface area contributed by atoms with Crippen LogP contribution in [0.1, 0.15) is 0 Å². The Morgan fingerprint density at radius 2 is 2.44 bits per heavy atom. The molecular formula is C5H11N2OS-. The standard InChI is InChI=1S/C5H12N2OS/c1-6-5(8)7-3-4-9-2/h3-4H2,1-2H3,(H2,6,7,8)/p-1. The Morgan fingerprint density at radius 3 is 2.89 bits per heavy atom. The maximum absolute atomic E-state index is 10.4. The van der Waals surface area contributed by atoms with E-state index in [0.717, 1.165) is 5.75 Å². The van der Waals surface area contributed by atoms with Crippen LogP contribution >= 0.6 is 11.8 Å². The summed E-state index contributed by atoms with van der Waals surface area (Å²) in [6.45, 7) is 0.612. The van der Waals surface area contributed by atoms with Crippen LogP contribution in [0.5, 0.6) is 0 Å². The molecule has 0 heterocycles. The molecule has 54 valence electrons. The Hall–Kier alpha value is -0.380. The highest BCUT2D eigenvalue weighted by atomic mass is 32.2. The van der Waals surface area contributed by atoms with Crippen LogP contribution < -0.4 is 10.4 Å². The van der Waals surface area contributed by atoms with E-state index in [9.17, 15) is 5.11 Å². The molecular weight excluding hydrogens is 136 g/mol. The molecule has 4 heteroatoms. The van der Waals surface area contributed by atoms with E-state index >= 15 is 0 Å². The van der Waals surface area contributed by atoms with Crippen molar-refractivity contribution >= 4 is 17.8 Å². The molecule has 0 bridgehead atoms. The van der Waals surface area contributed by atoms with Gasteiger partial charge in [0, 0.05) is 25.4 Å². The molecule has 0 radical (unpaired) electrons. The number of nitrogens with one attached hydrogen (secondary N) is 1. The van der Waals surface area contributed by atoms with Crippen molar-refractivity contribution in [1.82, 2.24) is 5.32 Å². The summed E-state index contributed by atoms with van der Waals surface area (Å²) in [6, 6.07) is -0.232. The molecule has 1 N–H and O–H groups in total. The molecule has 0 aromatic carbocycles. The fourth-order valence-electron chi connectivity index (χ4n) is 0.318. The van der Waals surface area contributed by atoms with Gasteiger partial charge in [0.2, 0.25) is 0 Å². The number of amidine groups is 1. The van der Waals surface area contributed by atoms with Crippen molar-refractivity contribution in [3.63, 3.8) is 0 Å². The first kappa shape index (κ1) is 8.62. The van der Waals surface area contributed by atoms with Crippen LogP contribution in [0.2, 0.25) is 0 Å². The lowest BCUT2D eigenvalue weighted by Crippen LogP contribution is -2.32. The van der Waals surface area contributed by atoms with E-state index in [4.69, 9.17) is 0 Å². The number of aliphatic imine (C=N–C) groups is 1. The molecule has 0 atom stereocenters. The molecule has 0 amide bonds. The second-order valence-electron chi connectivity index (χ2n) is 1.43. The minimum absolute atomic E-state index is 0.232. The van der Waals surface area contributed by atoms with E-state index < -0.39 is 0 Å². The fraction of sp³-hybridized carbons (Fsp3) is 0.800. The minimum atomic E-state index is -0.232. The van der Waals surface area contributed by atoms with E-state index in [1.165, 1.54) is 0 Å². The van der Waals surface area contributed by atoms with Gasteiger partial charge >= 0.3 is 0 Å². The molecule has 0 saturated heterocycles. The van der Waals surface area contributed by atoms with E-state index in [1.54, 1.807) is 18.8 Å². The van der Waals surface area contributed by atoms with Crippen molar-refractivity contribution in [3.05, 3.63) is 0 Å². The summed E-state index contributed by atoms with van der Waals surface area (Å²) >= 11 is 1.68. The Labute approximate surface area is 59.6 Å². The Balaban J connectivity index is 3.21. The summed E-state index contributed by atoms with van der Waals surface area (Å²) in [7, 11) is 1.57. The van der Waals surface area contributed by atoms with Gasteiger partial charge in [-0.25, -0.2) is 0 Å². The highest BCUT2D eigenvalue weighted by Crippen LogP contribution is 1.88. The van der Waals surface area contributed by atoms with Crippen LogP contribution in [0.25, 0.3) is 0 Å². The highest BCUT2D eigenvalue weighted by Gasteiger charge is 1.77. The average molecular weight is 147 g/mol. The first-order valence-electron chi connectivity index (χ1n) is 2.69. The van der Waals surface area contributed by atoms with Crippen molar-refractivity contribution in [2.24, 2.45) is 4.99 Å². The lowest BCUT2D eigenvalue weighted by Gasteiger charge is -2.07. The van der Waals surface area contributed by atoms with Crippen molar-refractivity contribution in [2.75, 3.05) is 25.6 Å². The van der Waals surface area contributed by atoms with Crippen LogP contribution in [0.15, 0.2) is 4.99 Å². The molecule has 0 aliphatic carbocycles. The van der Waals surface area contributed by atoms with Gasteiger partial charge in [0.25, 0.3) is 0 Å². The molecule has 0 saturated carbocycles. The summed E-state index contributed by atoms with van der Waals surface area (Å²) in [5, 5.41) is 12.8. The minimum Gasteiger partial charge on any atom is -0.846 e. The maximum atomic E-state index is 10.4. The van der Waals surface area contributed by atoms with Crippen LogP contribution in [-0.2, 0) is 0 Å². The molecule has 0 aliphatic rings. The number of nitrogens with zero attached hydrogens (tertiary/aromatic N) is 1. The van der Waals surface area contributed by atoms with E-state index in [1.807, 2.05) is 6.26 Å². The molecule has 0 unspecified atom stereocenters. The number of hydrogen-bond donors (Lipinski definition) is 1. The van der Waals surface area contributed by atoms with Gasteiger partial charge in [-0.3, -0.25) is 4.99 Å². The first-order valence-corrected chi connectivity index (χ1v) is 4.08. The second kappa shape index (κ2) is 5.75. The van der Waals surface area contributed by atoms with Gasteiger partial charge in [-0.1, -0.05) is 0 Å². The third kappa shape index (κ3) is 5.49. The Morgan fingerprint density at radius 1 is 1.78 bits per heavy atom. The molecule has 0 aromatic heterocycles. The summed E-state index contributed by atoms with van der Waals surface area (Å²) < 4.78 is 0. The van der Waals surface area contributed by atoms with Crippen molar-refractivity contribution in [1.29, 1.82) is 0 Å². The number of hydrogen-bond acceptors (Lipinski definition) is 3. The summed E-state index contributed by atoms with van der Waals surface area (Å²) in [5.74, 6) is 0.910. The quantitative estimate of drug-likeness (QED) is 0.326. The van der Waals surface area contributed by atoms with Gasteiger partial charge in [-0.05, 0) is 6.26 Å². The van der Waals surface area contributed by atoms with Gasteiger partial charge in [0.1, 0.15) is 0 Å². The zero-order valence-electron chi connectivity index (χ0n) is 5.68. The molecule has 0 fully saturated rings. The van der Waals surface area contributed by atoms with Crippen molar-refractivity contribution in [2.45, 2.75) is 0 Å². The summed E-state index contributed by atoms with van der Waals surface area (Å²) in [5.41, 5.74) is 0. The van der Waals surface area contributed by atoms with Crippen molar-refractivity contribution in [3.8, 4) is 0 Å². The van der Waals surface area contributed by atoms with Gasteiger partial charge in [-0.15, -0.1) is 0 Å². The third-order valence-corrected chi connectivity index (χ3v) is 1.36. The first-order chi connectivity index (χ1) is 4.31. The van der Waals surface area contributed by atoms with Gasteiger partial charge < -0.3 is 10.4 Å². The number of rotatable bonds is 3. The predicted molar refractivity (Wildman–Crippen MR) is 39.7 cm³/mol. The van der Waals surface area contributed by atoms with E-state index in [2.05, 4.69) is 10.3 Å². The molecule has 0 spiro atoms. The van der Waals surface area contributed by atoms with Gasteiger partial charge in [-0.2, -0.15) is 11.8 Å². The molecule has 9 heavy (non-hydrogen) atoms. The zero-order chi connectivity index (χ0) is 7.11. The maximum Gasteiger partial charge on any atom is 0.0490 e. The molecule has 3 nitrogen and oxygen atoms in total. The third-order valence-electron chi connectivity index (χ3n) is 0.765. The smallest absolute Gasteiger partial charge is 0.0490 e. The summed E-state index contributed by atoms with van der Waals surface area (Å²) in [6.07, 6.45) is 1.99. The molecule has 0 aromatic rings. The van der Waals surface area contributed by atoms with Crippen LogP contribution in [0.4, 0.5) is 0 Å². The largest absolute Gasteiger partial charge is 0.846 e. The fourth-order valence-corrected chi connectivity index (χ4v) is 0.591. The molecule has 0 rings (SSSR count). The van der Waals surface area contributed by atoms with Crippen molar-refractivity contribution < 1.29 is 5.11 Å². The highest BCUT2D eigenvalue weighted by molar-refractivity contribution is 7.98. The van der Waals surface area contributed by atoms with E-state index in [-0.39, 0.29) is 6.02 Å². The molecule has 0 aliphatic heterocycles. The summed E-state index contributed by atoms with van der Waals surface area (Å²) in [4.78, 5) is 3.66.